The normalized spacial score (nSPS) is 20.5. The first-order valence-corrected chi connectivity index (χ1v) is 11.7. The monoisotopic (exact) mass is 463 g/mol. The molecule has 33 heavy (non-hydrogen) atoms. The van der Waals surface area contributed by atoms with Gasteiger partial charge >= 0.3 is 6.09 Å². The maximum Gasteiger partial charge on any atom is 0.410 e. The number of carbonyl (C=O) groups is 2. The number of nitrogens with one attached hydrogen (secondary N) is 1. The highest BCUT2D eigenvalue weighted by atomic mass is 32.2. The quantitative estimate of drug-likeness (QED) is 0.697. The van der Waals surface area contributed by atoms with E-state index >= 15 is 0 Å². The second-order valence-corrected chi connectivity index (χ2v) is 9.34. The summed E-state index contributed by atoms with van der Waals surface area (Å²) in [5.41, 5.74) is 2.70. The van der Waals surface area contributed by atoms with Gasteiger partial charge in [-0.25, -0.2) is 4.79 Å². The Morgan fingerprint density at radius 2 is 2.21 bits per heavy atom. The molecule has 2 aromatic heterocycles. The van der Waals surface area contributed by atoms with Crippen molar-refractivity contribution in [1.82, 2.24) is 20.2 Å². The van der Waals surface area contributed by atoms with Crippen LogP contribution in [0.25, 0.3) is 0 Å². The molecule has 2 aromatic rings. The molecule has 0 fully saturated rings. The van der Waals surface area contributed by atoms with Gasteiger partial charge in [0.1, 0.15) is 6.61 Å². The molecule has 170 valence electrons. The van der Waals surface area contributed by atoms with Crippen LogP contribution in [0.2, 0.25) is 0 Å². The van der Waals surface area contributed by atoms with Crippen LogP contribution in [0.1, 0.15) is 36.9 Å². The van der Waals surface area contributed by atoms with Crippen molar-refractivity contribution in [2.24, 2.45) is 5.92 Å². The van der Waals surface area contributed by atoms with Crippen LogP contribution < -0.4 is 5.32 Å². The number of carbonyl (C=O) groups excluding carboxylic acids is 2. The Bertz CT molecular complexity index is 1070. The van der Waals surface area contributed by atoms with E-state index in [1.165, 1.54) is 11.8 Å². The molecular formula is C24H25N5O3S. The van der Waals surface area contributed by atoms with Crippen LogP contribution in [0.15, 0.2) is 59.4 Å². The summed E-state index contributed by atoms with van der Waals surface area (Å²) in [7, 11) is 0. The lowest BCUT2D eigenvalue weighted by atomic mass is 9.94. The summed E-state index contributed by atoms with van der Waals surface area (Å²) in [5.74, 6) is -0.470. The Labute approximate surface area is 197 Å². The zero-order chi connectivity index (χ0) is 23.2. The molecule has 2 aliphatic heterocycles. The van der Waals surface area contributed by atoms with Gasteiger partial charge in [0.2, 0.25) is 5.91 Å². The SMILES string of the molecule is CC(CC(=O)NC1SC2=C(CCN(C(=O)OCc3ccccn3)C2)C1C#N)c1cccnc1. The van der Waals surface area contributed by atoms with Gasteiger partial charge in [0.05, 0.1) is 29.6 Å². The van der Waals surface area contributed by atoms with Crippen molar-refractivity contribution >= 4 is 23.8 Å². The van der Waals surface area contributed by atoms with Gasteiger partial charge in [-0.2, -0.15) is 5.26 Å². The van der Waals surface area contributed by atoms with Crippen molar-refractivity contribution < 1.29 is 14.3 Å². The van der Waals surface area contributed by atoms with Crippen LogP contribution in [0, 0.1) is 17.2 Å². The summed E-state index contributed by atoms with van der Waals surface area (Å²) in [4.78, 5) is 36.1. The topological polar surface area (TPSA) is 108 Å². The number of ether oxygens (including phenoxy) is 1. The predicted octanol–water partition coefficient (Wildman–Crippen LogP) is 3.60. The zero-order valence-corrected chi connectivity index (χ0v) is 19.1. The molecule has 0 radical (unpaired) electrons. The molecule has 0 saturated heterocycles. The lowest BCUT2D eigenvalue weighted by Crippen LogP contribution is -2.37. The van der Waals surface area contributed by atoms with Gasteiger partial charge in [0.25, 0.3) is 0 Å². The van der Waals surface area contributed by atoms with E-state index in [4.69, 9.17) is 4.74 Å². The fourth-order valence-electron chi connectivity index (χ4n) is 4.00. The second kappa shape index (κ2) is 10.5. The Balaban J connectivity index is 1.32. The Kier molecular flexibility index (Phi) is 7.25. The molecule has 4 heterocycles. The zero-order valence-electron chi connectivity index (χ0n) is 18.3. The largest absolute Gasteiger partial charge is 0.443 e. The number of amides is 2. The third-order valence-electron chi connectivity index (χ3n) is 5.81. The van der Waals surface area contributed by atoms with E-state index in [2.05, 4.69) is 21.4 Å². The Hall–Kier alpha value is -3.38. The van der Waals surface area contributed by atoms with Crippen LogP contribution >= 0.6 is 11.8 Å². The van der Waals surface area contributed by atoms with Gasteiger partial charge in [-0.1, -0.05) is 19.1 Å². The highest BCUT2D eigenvalue weighted by Gasteiger charge is 2.40. The molecule has 3 atom stereocenters. The van der Waals surface area contributed by atoms with Gasteiger partial charge < -0.3 is 15.0 Å². The molecular weight excluding hydrogens is 438 g/mol. The average molecular weight is 464 g/mol. The summed E-state index contributed by atoms with van der Waals surface area (Å²) in [6.07, 6.45) is 5.64. The first-order valence-electron chi connectivity index (χ1n) is 10.8. The highest BCUT2D eigenvalue weighted by Crippen LogP contribution is 2.44. The summed E-state index contributed by atoms with van der Waals surface area (Å²) in [6.45, 7) is 2.97. The van der Waals surface area contributed by atoms with Crippen molar-refractivity contribution in [2.45, 2.75) is 37.7 Å². The summed E-state index contributed by atoms with van der Waals surface area (Å²) in [6, 6.07) is 11.6. The first-order chi connectivity index (χ1) is 16.0. The maximum absolute atomic E-state index is 12.7. The minimum Gasteiger partial charge on any atom is -0.443 e. The van der Waals surface area contributed by atoms with E-state index in [9.17, 15) is 14.9 Å². The number of rotatable bonds is 6. The molecule has 3 unspecified atom stereocenters. The summed E-state index contributed by atoms with van der Waals surface area (Å²) >= 11 is 1.47. The molecule has 8 nitrogen and oxygen atoms in total. The molecule has 0 aliphatic carbocycles. The summed E-state index contributed by atoms with van der Waals surface area (Å²) < 4.78 is 5.40. The van der Waals surface area contributed by atoms with Crippen LogP contribution in [0.5, 0.6) is 0 Å². The molecule has 0 aromatic carbocycles. The van der Waals surface area contributed by atoms with Gasteiger partial charge in [-0.15, -0.1) is 11.8 Å². The molecule has 4 rings (SSSR count). The van der Waals surface area contributed by atoms with Gasteiger partial charge in [0.15, 0.2) is 0 Å². The number of thioether (sulfide) groups is 1. The Morgan fingerprint density at radius 3 is 2.94 bits per heavy atom. The molecule has 9 heteroatoms. The standard InChI is InChI=1S/C24H25N5O3S/c1-16(17-5-4-8-26-13-17)11-22(30)28-23-20(12-25)19-7-10-29(14-21(19)33-23)24(31)32-15-18-6-2-3-9-27-18/h2-6,8-9,13,16,20,23H,7,10-11,14-15H2,1H3,(H,28,30). The van der Waals surface area contributed by atoms with Crippen LogP contribution in [-0.2, 0) is 16.1 Å². The van der Waals surface area contributed by atoms with Crippen molar-refractivity contribution in [3.8, 4) is 6.07 Å². The first kappa shape index (κ1) is 22.8. The molecule has 1 N–H and O–H groups in total. The maximum atomic E-state index is 12.7. The number of hydrogen-bond acceptors (Lipinski definition) is 7. The highest BCUT2D eigenvalue weighted by molar-refractivity contribution is 8.04. The van der Waals surface area contributed by atoms with E-state index in [1.807, 2.05) is 31.2 Å². The Morgan fingerprint density at radius 1 is 1.33 bits per heavy atom. The summed E-state index contributed by atoms with van der Waals surface area (Å²) in [5, 5.41) is 12.4. The fraction of sp³-hybridized carbons (Fsp3) is 0.375. The fourth-order valence-corrected chi connectivity index (χ4v) is 5.47. The van der Waals surface area contributed by atoms with Crippen molar-refractivity contribution in [3.63, 3.8) is 0 Å². The number of hydrogen-bond donors (Lipinski definition) is 1. The predicted molar refractivity (Wildman–Crippen MR) is 124 cm³/mol. The number of pyridine rings is 2. The molecule has 2 amide bonds. The molecule has 0 bridgehead atoms. The lowest BCUT2D eigenvalue weighted by molar-refractivity contribution is -0.121. The van der Waals surface area contributed by atoms with Gasteiger partial charge in [-0.05, 0) is 41.7 Å². The van der Waals surface area contributed by atoms with E-state index in [1.54, 1.807) is 29.6 Å². The molecule has 2 aliphatic rings. The number of nitrogens with zero attached hydrogens (tertiary/aromatic N) is 4. The minimum absolute atomic E-state index is 0.0255. The second-order valence-electron chi connectivity index (χ2n) is 8.10. The van der Waals surface area contributed by atoms with Crippen molar-refractivity contribution in [3.05, 3.63) is 70.7 Å². The van der Waals surface area contributed by atoms with Crippen molar-refractivity contribution in [1.29, 1.82) is 5.26 Å². The van der Waals surface area contributed by atoms with E-state index in [-0.39, 0.29) is 23.8 Å². The van der Waals surface area contributed by atoms with Crippen LogP contribution in [0.3, 0.4) is 0 Å². The van der Waals surface area contributed by atoms with Crippen molar-refractivity contribution in [2.75, 3.05) is 13.1 Å². The third-order valence-corrected chi connectivity index (χ3v) is 7.13. The van der Waals surface area contributed by atoms with Gasteiger partial charge in [0, 0.05) is 36.5 Å². The third kappa shape index (κ3) is 5.52. The van der Waals surface area contributed by atoms with Crippen LogP contribution in [0.4, 0.5) is 4.79 Å². The molecule has 0 saturated carbocycles. The smallest absolute Gasteiger partial charge is 0.410 e. The average Bonchev–Trinajstić information content (AvgIpc) is 3.19. The van der Waals surface area contributed by atoms with Crippen LogP contribution in [-0.4, -0.2) is 45.3 Å². The van der Waals surface area contributed by atoms with Gasteiger partial charge in [-0.3, -0.25) is 14.8 Å². The number of nitriles is 1. The van der Waals surface area contributed by atoms with E-state index < -0.39 is 12.0 Å². The number of aromatic nitrogens is 2. The molecule has 0 spiro atoms. The van der Waals surface area contributed by atoms with E-state index in [0.717, 1.165) is 16.0 Å². The van der Waals surface area contributed by atoms with E-state index in [0.29, 0.717) is 31.6 Å². The lowest BCUT2D eigenvalue weighted by Gasteiger charge is -2.27. The minimum atomic E-state index is -0.404.